The Morgan fingerprint density at radius 2 is 1.75 bits per heavy atom. The molecule has 0 aliphatic carbocycles. The van der Waals surface area contributed by atoms with Crippen LogP contribution in [-0.4, -0.2) is 61.6 Å². The number of aromatic nitrogens is 5. The molecule has 0 saturated carbocycles. The lowest BCUT2D eigenvalue weighted by Gasteiger charge is -2.30. The molecule has 1 fully saturated rings. The highest BCUT2D eigenvalue weighted by Gasteiger charge is 2.29. The van der Waals surface area contributed by atoms with Crippen molar-refractivity contribution in [3.63, 3.8) is 0 Å². The molecule has 0 spiro atoms. The Labute approximate surface area is 238 Å². The highest BCUT2D eigenvalue weighted by atomic mass is 35.5. The molecule has 1 saturated heterocycles. The predicted octanol–water partition coefficient (Wildman–Crippen LogP) is 1.87. The Morgan fingerprint density at radius 3 is 2.35 bits per heavy atom. The van der Waals surface area contributed by atoms with Crippen molar-refractivity contribution in [2.45, 2.75) is 25.9 Å². The minimum absolute atomic E-state index is 0.0217. The largest absolute Gasteiger partial charge is 0.368 e. The molecular formula is C25H25Cl2N7O5S. The molecule has 0 unspecified atom stereocenters. The number of sulfonamides is 1. The van der Waals surface area contributed by atoms with Crippen LogP contribution < -0.4 is 17.0 Å². The van der Waals surface area contributed by atoms with Crippen LogP contribution in [0.1, 0.15) is 12.8 Å². The van der Waals surface area contributed by atoms with Gasteiger partial charge in [0, 0.05) is 36.5 Å². The molecule has 1 aromatic carbocycles. The Hall–Kier alpha value is -3.52. The smallest absolute Gasteiger partial charge is 0.333 e. The Morgan fingerprint density at radius 1 is 1.07 bits per heavy atom. The van der Waals surface area contributed by atoms with Crippen LogP contribution in [0.5, 0.6) is 0 Å². The van der Waals surface area contributed by atoms with E-state index in [2.05, 4.69) is 4.98 Å². The van der Waals surface area contributed by atoms with E-state index in [0.29, 0.717) is 36.6 Å². The van der Waals surface area contributed by atoms with E-state index in [-0.39, 0.29) is 40.2 Å². The predicted molar refractivity (Wildman–Crippen MR) is 151 cm³/mol. The van der Waals surface area contributed by atoms with E-state index in [1.54, 1.807) is 36.4 Å². The van der Waals surface area contributed by atoms with Crippen LogP contribution in [0, 0.1) is 5.92 Å². The fourth-order valence-corrected chi connectivity index (χ4v) is 6.14. The zero-order chi connectivity index (χ0) is 28.8. The van der Waals surface area contributed by atoms with Gasteiger partial charge < -0.3 is 5.73 Å². The van der Waals surface area contributed by atoms with Crippen molar-refractivity contribution >= 4 is 50.3 Å². The summed E-state index contributed by atoms with van der Waals surface area (Å²) in [5, 5.41) is 0.738. The van der Waals surface area contributed by atoms with Crippen LogP contribution in [0.25, 0.3) is 28.4 Å². The van der Waals surface area contributed by atoms with Gasteiger partial charge in [0.1, 0.15) is 12.2 Å². The van der Waals surface area contributed by atoms with Crippen molar-refractivity contribution in [2.24, 2.45) is 11.7 Å². The summed E-state index contributed by atoms with van der Waals surface area (Å²) < 4.78 is 29.0. The number of carbonyl (C=O) groups excluding carboxylic acids is 1. The number of rotatable bonds is 7. The molecule has 40 heavy (non-hydrogen) atoms. The quantitative estimate of drug-likeness (QED) is 0.337. The number of imidazole rings is 1. The van der Waals surface area contributed by atoms with Crippen molar-refractivity contribution in [3.8, 4) is 17.2 Å². The molecule has 1 aliphatic rings. The standard InChI is InChI=1S/C25H25Cl2N7O5S/c1-40(38,39)31-11-8-15(9-12-31)13-32-23-21(24(36)33(25(32)37)14-19(28)35)34(17-6-4-16(26)5-7-17)22(30-23)20-18(27)3-2-10-29-20/h2-7,10,15H,8-9,11-14H2,1H3,(H2,28,35). The summed E-state index contributed by atoms with van der Waals surface area (Å²) in [6, 6.07) is 9.92. The third-order valence-corrected chi connectivity index (χ3v) is 8.74. The number of piperidine rings is 1. The molecular weight excluding hydrogens is 581 g/mol. The molecule has 0 atom stereocenters. The summed E-state index contributed by atoms with van der Waals surface area (Å²) in [4.78, 5) is 48.4. The van der Waals surface area contributed by atoms with Gasteiger partial charge >= 0.3 is 5.69 Å². The van der Waals surface area contributed by atoms with Crippen LogP contribution in [0.4, 0.5) is 0 Å². The number of amides is 1. The van der Waals surface area contributed by atoms with Crippen LogP contribution in [-0.2, 0) is 27.9 Å². The summed E-state index contributed by atoms with van der Waals surface area (Å²) in [5.41, 5.74) is 4.77. The van der Waals surface area contributed by atoms with Crippen LogP contribution in [0.2, 0.25) is 10.0 Å². The SMILES string of the molecule is CS(=O)(=O)N1CCC(Cn2c(=O)n(CC(N)=O)c(=O)c3c2nc(-c2ncccc2Cl)n3-c2ccc(Cl)cc2)CC1. The summed E-state index contributed by atoms with van der Waals surface area (Å²) in [6.45, 7) is 0.108. The molecule has 210 valence electrons. The van der Waals surface area contributed by atoms with Gasteiger partial charge in [-0.1, -0.05) is 23.2 Å². The first-order valence-corrected chi connectivity index (χ1v) is 14.9. The van der Waals surface area contributed by atoms with Crippen LogP contribution in [0.15, 0.2) is 52.2 Å². The van der Waals surface area contributed by atoms with Crippen LogP contribution in [0.3, 0.4) is 0 Å². The maximum atomic E-state index is 13.8. The lowest BCUT2D eigenvalue weighted by atomic mass is 9.98. The van der Waals surface area contributed by atoms with Gasteiger partial charge in [0.15, 0.2) is 17.0 Å². The first-order chi connectivity index (χ1) is 19.0. The number of pyridine rings is 1. The number of hydrogen-bond donors (Lipinski definition) is 1. The summed E-state index contributed by atoms with van der Waals surface area (Å²) >= 11 is 12.6. The zero-order valence-electron chi connectivity index (χ0n) is 21.3. The molecule has 15 heteroatoms. The topological polar surface area (TPSA) is 155 Å². The fraction of sp³-hybridized carbons (Fsp3) is 0.320. The fourth-order valence-electron chi connectivity index (χ4n) is 4.93. The van der Waals surface area contributed by atoms with E-state index < -0.39 is 33.7 Å². The average molecular weight is 606 g/mol. The lowest BCUT2D eigenvalue weighted by Crippen LogP contribution is -2.45. The van der Waals surface area contributed by atoms with Gasteiger partial charge in [0.25, 0.3) is 5.56 Å². The molecule has 4 aromatic rings. The maximum absolute atomic E-state index is 13.8. The maximum Gasteiger partial charge on any atom is 0.333 e. The lowest BCUT2D eigenvalue weighted by molar-refractivity contribution is -0.118. The third-order valence-electron chi connectivity index (χ3n) is 6.88. The van der Waals surface area contributed by atoms with E-state index in [9.17, 15) is 22.8 Å². The number of benzene rings is 1. The Kier molecular flexibility index (Phi) is 7.57. The highest BCUT2D eigenvalue weighted by Crippen LogP contribution is 2.31. The van der Waals surface area contributed by atoms with Gasteiger partial charge in [0.2, 0.25) is 15.9 Å². The van der Waals surface area contributed by atoms with Gasteiger partial charge in [-0.3, -0.25) is 23.7 Å². The summed E-state index contributed by atoms with van der Waals surface area (Å²) in [6.07, 6.45) is 3.68. The highest BCUT2D eigenvalue weighted by molar-refractivity contribution is 7.88. The number of nitrogens with two attached hydrogens (primary N) is 1. The zero-order valence-corrected chi connectivity index (χ0v) is 23.7. The van der Waals surface area contributed by atoms with E-state index in [0.717, 1.165) is 10.8 Å². The molecule has 12 nitrogen and oxygen atoms in total. The molecule has 0 bridgehead atoms. The summed E-state index contributed by atoms with van der Waals surface area (Å²) in [7, 11) is -3.34. The molecule has 1 aliphatic heterocycles. The Balaban J connectivity index is 1.77. The Bertz CT molecular complexity index is 1840. The van der Waals surface area contributed by atoms with E-state index >= 15 is 0 Å². The van der Waals surface area contributed by atoms with Crippen LogP contribution >= 0.6 is 23.2 Å². The van der Waals surface area contributed by atoms with Crippen molar-refractivity contribution < 1.29 is 13.2 Å². The van der Waals surface area contributed by atoms with E-state index in [4.69, 9.17) is 33.9 Å². The normalized spacial score (nSPS) is 15.1. The second-order valence-electron chi connectivity index (χ2n) is 9.61. The van der Waals surface area contributed by atoms with Gasteiger partial charge in [-0.15, -0.1) is 0 Å². The number of carbonyl (C=O) groups is 1. The van der Waals surface area contributed by atoms with Gasteiger partial charge in [-0.05, 0) is 55.2 Å². The molecule has 1 amide bonds. The number of hydrogen-bond acceptors (Lipinski definition) is 7. The number of fused-ring (bicyclic) bond motifs is 1. The molecule has 3 aromatic heterocycles. The second kappa shape index (κ2) is 10.8. The van der Waals surface area contributed by atoms with Crippen molar-refractivity contribution in [3.05, 3.63) is 73.5 Å². The minimum Gasteiger partial charge on any atom is -0.368 e. The number of nitrogens with zero attached hydrogens (tertiary/aromatic N) is 6. The van der Waals surface area contributed by atoms with Gasteiger partial charge in [-0.2, -0.15) is 0 Å². The van der Waals surface area contributed by atoms with Gasteiger partial charge in [-0.25, -0.2) is 27.1 Å². The first kappa shape index (κ1) is 28.0. The second-order valence-corrected chi connectivity index (χ2v) is 12.4. The molecule has 2 N–H and O–H groups in total. The van der Waals surface area contributed by atoms with Crippen molar-refractivity contribution in [2.75, 3.05) is 19.3 Å². The van der Waals surface area contributed by atoms with Crippen molar-refractivity contribution in [1.29, 1.82) is 0 Å². The minimum atomic E-state index is -3.34. The monoisotopic (exact) mass is 605 g/mol. The average Bonchev–Trinajstić information content (AvgIpc) is 3.30. The van der Waals surface area contributed by atoms with Crippen molar-refractivity contribution in [1.82, 2.24) is 28.0 Å². The van der Waals surface area contributed by atoms with E-state index in [1.165, 1.54) is 19.6 Å². The van der Waals surface area contributed by atoms with E-state index in [1.807, 2.05) is 0 Å². The molecule has 0 radical (unpaired) electrons. The van der Waals surface area contributed by atoms with Gasteiger partial charge in [0.05, 0.1) is 11.3 Å². The molecule has 4 heterocycles. The third kappa shape index (κ3) is 5.29. The first-order valence-electron chi connectivity index (χ1n) is 12.3. The molecule has 5 rings (SSSR count). The summed E-state index contributed by atoms with van der Waals surface area (Å²) in [5.74, 6) is -0.755. The number of halogens is 2. The number of primary amides is 1.